The second-order valence-corrected chi connectivity index (χ2v) is 9.69. The lowest BCUT2D eigenvalue weighted by molar-refractivity contribution is 0.125. The summed E-state index contributed by atoms with van der Waals surface area (Å²) in [5.41, 5.74) is 3.65. The maximum Gasteiger partial charge on any atom is 0.406 e. The molecule has 1 aliphatic carbocycles. The SMILES string of the molecule is CCOP(=O)(N[C@@H]1c2cc3ccc4ccccc4c3cc2-c2ccccc2[C@H]1O)OCC. The van der Waals surface area contributed by atoms with E-state index in [1.165, 1.54) is 10.8 Å². The summed E-state index contributed by atoms with van der Waals surface area (Å²) in [4.78, 5) is 0. The van der Waals surface area contributed by atoms with Crippen molar-refractivity contribution in [3.63, 3.8) is 0 Å². The van der Waals surface area contributed by atoms with Crippen molar-refractivity contribution in [1.29, 1.82) is 0 Å². The van der Waals surface area contributed by atoms with Crippen LogP contribution in [0.4, 0.5) is 0 Å². The molecule has 0 fully saturated rings. The van der Waals surface area contributed by atoms with Crippen LogP contribution in [0, 0.1) is 0 Å². The van der Waals surface area contributed by atoms with E-state index in [2.05, 4.69) is 41.5 Å². The molecule has 1 aliphatic rings. The highest BCUT2D eigenvalue weighted by atomic mass is 31.2. The summed E-state index contributed by atoms with van der Waals surface area (Å²) in [5.74, 6) is 0. The summed E-state index contributed by atoms with van der Waals surface area (Å²) in [6.07, 6.45) is -0.897. The van der Waals surface area contributed by atoms with Crippen LogP contribution >= 0.6 is 7.75 Å². The predicted molar refractivity (Wildman–Crippen MR) is 129 cm³/mol. The van der Waals surface area contributed by atoms with Crippen LogP contribution < -0.4 is 5.09 Å². The standard InChI is InChI=1S/C26H26NO4P/c1-3-30-32(29,31-4-2)27-25-24-15-18-14-13-17-9-5-6-10-19(17)22(18)16-23(24)20-11-7-8-12-21(20)26(25)28/h5-16,25-26,28H,3-4H2,1-2H3,(H,27,29)/t25-,26-/m1/s1. The van der Waals surface area contributed by atoms with Crippen LogP contribution in [0.25, 0.3) is 32.7 Å². The molecule has 164 valence electrons. The fraction of sp³-hybridized carbons (Fsp3) is 0.231. The monoisotopic (exact) mass is 447 g/mol. The van der Waals surface area contributed by atoms with Crippen molar-refractivity contribution in [3.8, 4) is 11.1 Å². The van der Waals surface area contributed by atoms with E-state index in [1.54, 1.807) is 13.8 Å². The van der Waals surface area contributed by atoms with E-state index in [-0.39, 0.29) is 13.2 Å². The van der Waals surface area contributed by atoms with Crippen molar-refractivity contribution in [2.45, 2.75) is 26.0 Å². The number of benzene rings is 4. The van der Waals surface area contributed by atoms with Gasteiger partial charge in [0.25, 0.3) is 0 Å². The van der Waals surface area contributed by atoms with Gasteiger partial charge in [-0.25, -0.2) is 9.65 Å². The topological polar surface area (TPSA) is 67.8 Å². The Morgan fingerprint density at radius 2 is 1.50 bits per heavy atom. The molecule has 32 heavy (non-hydrogen) atoms. The van der Waals surface area contributed by atoms with E-state index in [0.717, 1.165) is 33.0 Å². The molecule has 4 aromatic rings. The molecule has 0 heterocycles. The van der Waals surface area contributed by atoms with Crippen LogP contribution in [-0.4, -0.2) is 18.3 Å². The van der Waals surface area contributed by atoms with Crippen molar-refractivity contribution in [1.82, 2.24) is 5.09 Å². The normalized spacial score (nSPS) is 18.0. The summed E-state index contributed by atoms with van der Waals surface area (Å²) in [7, 11) is -3.60. The van der Waals surface area contributed by atoms with E-state index >= 15 is 0 Å². The molecule has 2 atom stereocenters. The van der Waals surface area contributed by atoms with Gasteiger partial charge >= 0.3 is 7.75 Å². The van der Waals surface area contributed by atoms with Gasteiger partial charge in [0.1, 0.15) is 0 Å². The van der Waals surface area contributed by atoms with Crippen LogP contribution in [0.15, 0.2) is 72.8 Å². The Morgan fingerprint density at radius 1 is 0.812 bits per heavy atom. The zero-order chi connectivity index (χ0) is 22.3. The largest absolute Gasteiger partial charge is 0.406 e. The van der Waals surface area contributed by atoms with Crippen molar-refractivity contribution in [2.75, 3.05) is 13.2 Å². The molecule has 2 N–H and O–H groups in total. The Morgan fingerprint density at radius 3 is 2.28 bits per heavy atom. The molecule has 0 amide bonds. The lowest BCUT2D eigenvalue weighted by Crippen LogP contribution is -2.30. The van der Waals surface area contributed by atoms with E-state index in [1.807, 2.05) is 36.4 Å². The molecule has 0 aromatic heterocycles. The van der Waals surface area contributed by atoms with Gasteiger partial charge in [0, 0.05) is 0 Å². The number of fused-ring (bicyclic) bond motifs is 6. The first kappa shape index (κ1) is 21.3. The zero-order valence-electron chi connectivity index (χ0n) is 18.1. The number of aliphatic hydroxyl groups is 1. The third-order valence-corrected chi connectivity index (χ3v) is 7.82. The van der Waals surface area contributed by atoms with Gasteiger partial charge in [-0.3, -0.25) is 9.05 Å². The zero-order valence-corrected chi connectivity index (χ0v) is 19.0. The second kappa shape index (κ2) is 8.43. The first-order valence-electron chi connectivity index (χ1n) is 10.9. The molecular formula is C26H26NO4P. The van der Waals surface area contributed by atoms with E-state index < -0.39 is 19.9 Å². The van der Waals surface area contributed by atoms with Gasteiger partial charge in [0.2, 0.25) is 0 Å². The predicted octanol–water partition coefficient (Wildman–Crippen LogP) is 6.52. The highest BCUT2D eigenvalue weighted by Crippen LogP contribution is 2.53. The fourth-order valence-electron chi connectivity index (χ4n) is 4.67. The van der Waals surface area contributed by atoms with Gasteiger partial charge in [0.05, 0.1) is 25.4 Å². The van der Waals surface area contributed by atoms with E-state index in [9.17, 15) is 9.67 Å². The molecule has 0 unspecified atom stereocenters. The van der Waals surface area contributed by atoms with Gasteiger partial charge in [-0.05, 0) is 69.8 Å². The van der Waals surface area contributed by atoms with E-state index in [4.69, 9.17) is 9.05 Å². The molecule has 0 saturated carbocycles. The van der Waals surface area contributed by atoms with Gasteiger partial charge in [-0.15, -0.1) is 0 Å². The summed E-state index contributed by atoms with van der Waals surface area (Å²) < 4.78 is 24.3. The smallest absolute Gasteiger partial charge is 0.386 e. The van der Waals surface area contributed by atoms with Crippen LogP contribution in [0.2, 0.25) is 0 Å². The lowest BCUT2D eigenvalue weighted by atomic mass is 9.79. The quantitative estimate of drug-likeness (QED) is 0.260. The third kappa shape index (κ3) is 3.57. The van der Waals surface area contributed by atoms with Gasteiger partial charge in [-0.1, -0.05) is 60.7 Å². The van der Waals surface area contributed by atoms with Crippen LogP contribution in [0.5, 0.6) is 0 Å². The first-order chi connectivity index (χ1) is 15.5. The number of nitrogens with one attached hydrogen (secondary N) is 1. The Balaban J connectivity index is 1.74. The molecule has 0 spiro atoms. The highest BCUT2D eigenvalue weighted by molar-refractivity contribution is 7.51. The van der Waals surface area contributed by atoms with Crippen LogP contribution in [0.3, 0.4) is 0 Å². The van der Waals surface area contributed by atoms with Crippen molar-refractivity contribution in [2.24, 2.45) is 0 Å². The molecule has 6 heteroatoms. The minimum absolute atomic E-state index is 0.236. The van der Waals surface area contributed by atoms with Crippen molar-refractivity contribution >= 4 is 29.3 Å². The Hall–Kier alpha value is -2.53. The molecular weight excluding hydrogens is 421 g/mol. The average Bonchev–Trinajstić information content (AvgIpc) is 2.81. The fourth-order valence-corrected chi connectivity index (χ4v) is 6.20. The second-order valence-electron chi connectivity index (χ2n) is 7.92. The van der Waals surface area contributed by atoms with Crippen LogP contribution in [-0.2, 0) is 13.6 Å². The molecule has 5 rings (SSSR count). The minimum Gasteiger partial charge on any atom is -0.386 e. The number of aliphatic hydroxyl groups excluding tert-OH is 1. The summed E-state index contributed by atoms with van der Waals surface area (Å²) >= 11 is 0. The molecule has 4 aromatic carbocycles. The van der Waals surface area contributed by atoms with Gasteiger partial charge < -0.3 is 5.11 Å². The van der Waals surface area contributed by atoms with Crippen LogP contribution in [0.1, 0.15) is 37.1 Å². The maximum absolute atomic E-state index is 13.3. The number of hydrogen-bond donors (Lipinski definition) is 2. The minimum atomic E-state index is -3.60. The Kier molecular flexibility index (Phi) is 5.62. The summed E-state index contributed by atoms with van der Waals surface area (Å²) in [6.45, 7) is 4.01. The first-order valence-corrected chi connectivity index (χ1v) is 12.5. The van der Waals surface area contributed by atoms with Crippen molar-refractivity contribution in [3.05, 3.63) is 83.9 Å². The molecule has 0 bridgehead atoms. The maximum atomic E-state index is 13.3. The molecule has 0 aliphatic heterocycles. The summed E-state index contributed by atoms with van der Waals surface area (Å²) in [6, 6.07) is 23.9. The van der Waals surface area contributed by atoms with E-state index in [0.29, 0.717) is 0 Å². The van der Waals surface area contributed by atoms with Gasteiger partial charge in [0.15, 0.2) is 0 Å². The Bertz CT molecular complexity index is 1340. The molecule has 0 saturated heterocycles. The highest BCUT2D eigenvalue weighted by Gasteiger charge is 2.38. The molecule has 0 radical (unpaired) electrons. The lowest BCUT2D eigenvalue weighted by Gasteiger charge is -2.35. The van der Waals surface area contributed by atoms with Crippen molar-refractivity contribution < 1.29 is 18.7 Å². The molecule has 5 nitrogen and oxygen atoms in total. The van der Waals surface area contributed by atoms with Gasteiger partial charge in [-0.2, -0.15) is 0 Å². The number of hydrogen-bond acceptors (Lipinski definition) is 4. The third-order valence-electron chi connectivity index (χ3n) is 6.03. The average molecular weight is 447 g/mol. The summed E-state index contributed by atoms with van der Waals surface area (Å²) in [5, 5.41) is 18.9. The number of rotatable bonds is 6. The Labute approximate surface area is 187 Å².